The minimum absolute atomic E-state index is 0.00688. The molecule has 120 valence electrons. The predicted octanol–water partition coefficient (Wildman–Crippen LogP) is 4.16. The molecule has 0 radical (unpaired) electrons. The van der Waals surface area contributed by atoms with Gasteiger partial charge in [0.05, 0.1) is 16.6 Å². The lowest BCUT2D eigenvalue weighted by atomic mass is 10.2. The second kappa shape index (κ2) is 7.78. The van der Waals surface area contributed by atoms with E-state index >= 15 is 0 Å². The first-order chi connectivity index (χ1) is 11.0. The van der Waals surface area contributed by atoms with Gasteiger partial charge in [-0.25, -0.2) is 9.59 Å². The maximum absolute atomic E-state index is 12.2. The maximum Gasteiger partial charge on any atom is 0.343 e. The Morgan fingerprint density at radius 3 is 2.52 bits per heavy atom. The van der Waals surface area contributed by atoms with Crippen molar-refractivity contribution in [1.82, 2.24) is 0 Å². The van der Waals surface area contributed by atoms with E-state index in [2.05, 4.69) is 15.9 Å². The van der Waals surface area contributed by atoms with Crippen LogP contribution in [0.2, 0.25) is 0 Å². The standard InChI is InChI=1S/C17H15BrO5/c1-2-9-22-15-8-7-11(10-13(15)18)17(21)23-14-6-4-3-5-12(14)16(19)20/h3-8,10H,2,9H2,1H3,(H,19,20). The van der Waals surface area contributed by atoms with E-state index in [1.807, 2.05) is 6.92 Å². The average molecular weight is 379 g/mol. The minimum Gasteiger partial charge on any atom is -0.492 e. The summed E-state index contributed by atoms with van der Waals surface area (Å²) in [5.41, 5.74) is 0.226. The van der Waals surface area contributed by atoms with Crippen molar-refractivity contribution in [2.24, 2.45) is 0 Å². The van der Waals surface area contributed by atoms with Crippen molar-refractivity contribution in [2.75, 3.05) is 6.61 Å². The third kappa shape index (κ3) is 4.32. The molecule has 0 aliphatic heterocycles. The Morgan fingerprint density at radius 2 is 1.87 bits per heavy atom. The number of para-hydroxylation sites is 1. The van der Waals surface area contributed by atoms with Gasteiger partial charge in [-0.15, -0.1) is 0 Å². The first-order valence-corrected chi connectivity index (χ1v) is 7.79. The fourth-order valence-corrected chi connectivity index (χ4v) is 2.34. The van der Waals surface area contributed by atoms with Crippen LogP contribution in [-0.2, 0) is 0 Å². The van der Waals surface area contributed by atoms with E-state index in [1.54, 1.807) is 30.3 Å². The molecule has 0 unspecified atom stereocenters. The summed E-state index contributed by atoms with van der Waals surface area (Å²) in [7, 11) is 0. The summed E-state index contributed by atoms with van der Waals surface area (Å²) >= 11 is 3.34. The number of rotatable bonds is 6. The van der Waals surface area contributed by atoms with Gasteiger partial charge in [-0.2, -0.15) is 0 Å². The van der Waals surface area contributed by atoms with Crippen molar-refractivity contribution in [1.29, 1.82) is 0 Å². The summed E-state index contributed by atoms with van der Waals surface area (Å²) in [6, 6.07) is 10.8. The van der Waals surface area contributed by atoms with Crippen molar-refractivity contribution >= 4 is 27.9 Å². The number of hydrogen-bond acceptors (Lipinski definition) is 4. The molecule has 0 saturated heterocycles. The highest BCUT2D eigenvalue weighted by Gasteiger charge is 2.16. The van der Waals surface area contributed by atoms with Crippen LogP contribution < -0.4 is 9.47 Å². The number of esters is 1. The van der Waals surface area contributed by atoms with Gasteiger partial charge < -0.3 is 14.6 Å². The number of hydrogen-bond donors (Lipinski definition) is 1. The third-order valence-corrected chi connectivity index (χ3v) is 3.57. The zero-order chi connectivity index (χ0) is 16.8. The number of ether oxygens (including phenoxy) is 2. The highest BCUT2D eigenvalue weighted by molar-refractivity contribution is 9.10. The molecule has 0 fully saturated rings. The Hall–Kier alpha value is -2.34. The Morgan fingerprint density at radius 1 is 1.13 bits per heavy atom. The van der Waals surface area contributed by atoms with Crippen LogP contribution in [0.25, 0.3) is 0 Å². The highest BCUT2D eigenvalue weighted by Crippen LogP contribution is 2.27. The molecule has 0 saturated carbocycles. The molecule has 1 N–H and O–H groups in total. The van der Waals surface area contributed by atoms with Crippen molar-refractivity contribution in [2.45, 2.75) is 13.3 Å². The van der Waals surface area contributed by atoms with Crippen LogP contribution in [0.4, 0.5) is 0 Å². The molecule has 0 aliphatic carbocycles. The molecule has 2 rings (SSSR count). The second-order valence-electron chi connectivity index (χ2n) is 4.68. The Kier molecular flexibility index (Phi) is 5.76. The lowest BCUT2D eigenvalue weighted by Gasteiger charge is -2.10. The van der Waals surface area contributed by atoms with E-state index in [9.17, 15) is 9.59 Å². The van der Waals surface area contributed by atoms with Gasteiger partial charge in [0.2, 0.25) is 0 Å². The van der Waals surface area contributed by atoms with E-state index in [-0.39, 0.29) is 11.3 Å². The molecule has 0 amide bonds. The predicted molar refractivity (Wildman–Crippen MR) is 88.3 cm³/mol. The van der Waals surface area contributed by atoms with Gasteiger partial charge in [0.15, 0.2) is 0 Å². The largest absolute Gasteiger partial charge is 0.492 e. The van der Waals surface area contributed by atoms with Crippen LogP contribution in [0.1, 0.15) is 34.1 Å². The van der Waals surface area contributed by atoms with Gasteiger partial charge in [0, 0.05) is 0 Å². The van der Waals surface area contributed by atoms with E-state index in [0.717, 1.165) is 6.42 Å². The molecule has 23 heavy (non-hydrogen) atoms. The lowest BCUT2D eigenvalue weighted by Crippen LogP contribution is -2.11. The Bertz CT molecular complexity index is 727. The van der Waals surface area contributed by atoms with E-state index in [1.165, 1.54) is 12.1 Å². The van der Waals surface area contributed by atoms with Crippen LogP contribution in [0.15, 0.2) is 46.9 Å². The van der Waals surface area contributed by atoms with Crippen molar-refractivity contribution in [3.8, 4) is 11.5 Å². The van der Waals surface area contributed by atoms with Crippen molar-refractivity contribution in [3.63, 3.8) is 0 Å². The van der Waals surface area contributed by atoms with Gasteiger partial charge in [0.1, 0.15) is 17.1 Å². The molecule has 0 bridgehead atoms. The summed E-state index contributed by atoms with van der Waals surface area (Å²) < 4.78 is 11.3. The van der Waals surface area contributed by atoms with Crippen molar-refractivity contribution in [3.05, 3.63) is 58.1 Å². The molecule has 0 atom stereocenters. The summed E-state index contributed by atoms with van der Waals surface area (Å²) in [6.45, 7) is 2.58. The van der Waals surface area contributed by atoms with Gasteiger partial charge in [-0.05, 0) is 52.7 Å². The first-order valence-electron chi connectivity index (χ1n) is 6.99. The highest BCUT2D eigenvalue weighted by atomic mass is 79.9. The molecule has 0 aliphatic rings. The summed E-state index contributed by atoms with van der Waals surface area (Å²) in [4.78, 5) is 23.3. The number of carbonyl (C=O) groups is 2. The first kappa shape index (κ1) is 17.0. The zero-order valence-corrected chi connectivity index (χ0v) is 14.0. The van der Waals surface area contributed by atoms with E-state index in [4.69, 9.17) is 14.6 Å². The van der Waals surface area contributed by atoms with Gasteiger partial charge in [-0.3, -0.25) is 0 Å². The molecule has 0 spiro atoms. The number of carboxylic acids is 1. The zero-order valence-electron chi connectivity index (χ0n) is 12.4. The average Bonchev–Trinajstić information content (AvgIpc) is 2.54. The summed E-state index contributed by atoms with van der Waals surface area (Å²) in [6.07, 6.45) is 0.877. The lowest BCUT2D eigenvalue weighted by molar-refractivity contribution is 0.0681. The molecular weight excluding hydrogens is 364 g/mol. The van der Waals surface area contributed by atoms with Crippen molar-refractivity contribution < 1.29 is 24.2 Å². The normalized spacial score (nSPS) is 10.2. The molecule has 2 aromatic carbocycles. The monoisotopic (exact) mass is 378 g/mol. The number of carboxylic acid groups (broad SMARTS) is 1. The van der Waals surface area contributed by atoms with E-state index in [0.29, 0.717) is 22.4 Å². The smallest absolute Gasteiger partial charge is 0.343 e. The summed E-state index contributed by atoms with van der Waals surface area (Å²) in [5, 5.41) is 9.10. The molecule has 6 heteroatoms. The second-order valence-corrected chi connectivity index (χ2v) is 5.54. The molecule has 0 aromatic heterocycles. The molecule has 2 aromatic rings. The van der Waals surface area contributed by atoms with Crippen LogP contribution in [0.5, 0.6) is 11.5 Å². The number of aromatic carboxylic acids is 1. The maximum atomic E-state index is 12.2. The summed E-state index contributed by atoms with van der Waals surface area (Å²) in [5.74, 6) is -1.15. The minimum atomic E-state index is -1.15. The fourth-order valence-electron chi connectivity index (χ4n) is 1.85. The van der Waals surface area contributed by atoms with Crippen LogP contribution >= 0.6 is 15.9 Å². The third-order valence-electron chi connectivity index (χ3n) is 2.95. The SMILES string of the molecule is CCCOc1ccc(C(=O)Oc2ccccc2C(=O)O)cc1Br. The quantitative estimate of drug-likeness (QED) is 0.603. The van der Waals surface area contributed by atoms with E-state index < -0.39 is 11.9 Å². The van der Waals surface area contributed by atoms with Gasteiger partial charge in [0.25, 0.3) is 0 Å². The van der Waals surface area contributed by atoms with Gasteiger partial charge in [-0.1, -0.05) is 19.1 Å². The van der Waals surface area contributed by atoms with Gasteiger partial charge >= 0.3 is 11.9 Å². The Labute approximate surface area is 142 Å². The number of halogens is 1. The molecular formula is C17H15BrO5. The van der Waals surface area contributed by atoms with Crippen LogP contribution in [0, 0.1) is 0 Å². The van der Waals surface area contributed by atoms with Crippen LogP contribution in [-0.4, -0.2) is 23.7 Å². The number of carbonyl (C=O) groups excluding carboxylic acids is 1. The topological polar surface area (TPSA) is 72.8 Å². The number of benzene rings is 2. The Balaban J connectivity index is 2.18. The molecule has 5 nitrogen and oxygen atoms in total. The fraction of sp³-hybridized carbons (Fsp3) is 0.176. The van der Waals surface area contributed by atoms with Crippen LogP contribution in [0.3, 0.4) is 0 Å². The molecule has 0 heterocycles.